The molecular weight excluding hydrogens is 254 g/mol. The SMILES string of the molecule is CCC(C)SCC(Cc1ccc(F)c(F)c1)NN. The molecule has 1 aromatic rings. The molecule has 5 heteroatoms. The van der Waals surface area contributed by atoms with E-state index < -0.39 is 11.6 Å². The molecule has 1 rings (SSSR count). The highest BCUT2D eigenvalue weighted by molar-refractivity contribution is 7.99. The Morgan fingerprint density at radius 3 is 2.61 bits per heavy atom. The number of halogens is 2. The van der Waals surface area contributed by atoms with E-state index in [0.717, 1.165) is 23.8 Å². The van der Waals surface area contributed by atoms with E-state index in [1.807, 2.05) is 11.8 Å². The summed E-state index contributed by atoms with van der Waals surface area (Å²) in [7, 11) is 0. The second kappa shape index (κ2) is 7.71. The van der Waals surface area contributed by atoms with Gasteiger partial charge in [-0.25, -0.2) is 8.78 Å². The smallest absolute Gasteiger partial charge is 0.159 e. The predicted molar refractivity (Wildman–Crippen MR) is 73.4 cm³/mol. The summed E-state index contributed by atoms with van der Waals surface area (Å²) in [5, 5.41) is 0.575. The van der Waals surface area contributed by atoms with Gasteiger partial charge in [0, 0.05) is 17.0 Å². The summed E-state index contributed by atoms with van der Waals surface area (Å²) in [6, 6.07) is 4.04. The van der Waals surface area contributed by atoms with Gasteiger partial charge in [-0.3, -0.25) is 11.3 Å². The molecule has 0 heterocycles. The Labute approximate surface area is 111 Å². The van der Waals surface area contributed by atoms with Gasteiger partial charge in [0.1, 0.15) is 0 Å². The summed E-state index contributed by atoms with van der Waals surface area (Å²) < 4.78 is 25.9. The molecule has 2 atom stereocenters. The van der Waals surface area contributed by atoms with Crippen molar-refractivity contribution in [3.63, 3.8) is 0 Å². The minimum atomic E-state index is -0.815. The Morgan fingerprint density at radius 1 is 1.33 bits per heavy atom. The van der Waals surface area contributed by atoms with Crippen LogP contribution in [0.2, 0.25) is 0 Å². The van der Waals surface area contributed by atoms with E-state index in [4.69, 9.17) is 5.84 Å². The summed E-state index contributed by atoms with van der Waals surface area (Å²) in [5.41, 5.74) is 3.48. The Morgan fingerprint density at radius 2 is 2.06 bits per heavy atom. The number of thioether (sulfide) groups is 1. The Hall–Kier alpha value is -0.650. The van der Waals surface area contributed by atoms with Gasteiger partial charge >= 0.3 is 0 Å². The van der Waals surface area contributed by atoms with E-state index >= 15 is 0 Å². The first-order valence-corrected chi connectivity index (χ1v) is 7.13. The molecule has 0 amide bonds. The molecule has 3 N–H and O–H groups in total. The van der Waals surface area contributed by atoms with Crippen LogP contribution in [0.25, 0.3) is 0 Å². The number of rotatable bonds is 7. The lowest BCUT2D eigenvalue weighted by atomic mass is 10.1. The number of hydrazine groups is 1. The summed E-state index contributed by atoms with van der Waals surface area (Å²) >= 11 is 1.83. The van der Waals surface area contributed by atoms with Gasteiger partial charge < -0.3 is 0 Å². The van der Waals surface area contributed by atoms with Gasteiger partial charge in [-0.05, 0) is 30.5 Å². The van der Waals surface area contributed by atoms with E-state index in [-0.39, 0.29) is 6.04 Å². The molecule has 0 radical (unpaired) electrons. The predicted octanol–water partition coefficient (Wildman–Crippen LogP) is 2.87. The highest BCUT2D eigenvalue weighted by Gasteiger charge is 2.11. The van der Waals surface area contributed by atoms with Crippen LogP contribution < -0.4 is 11.3 Å². The van der Waals surface area contributed by atoms with E-state index in [9.17, 15) is 8.78 Å². The van der Waals surface area contributed by atoms with Crippen molar-refractivity contribution in [1.29, 1.82) is 0 Å². The summed E-state index contributed by atoms with van der Waals surface area (Å²) in [6.45, 7) is 4.30. The summed E-state index contributed by atoms with van der Waals surface area (Å²) in [5.74, 6) is 4.71. The third-order valence-corrected chi connectivity index (χ3v) is 4.36. The monoisotopic (exact) mass is 274 g/mol. The second-order valence-corrected chi connectivity index (χ2v) is 5.84. The Bertz CT molecular complexity index is 374. The zero-order valence-electron chi connectivity index (χ0n) is 10.7. The van der Waals surface area contributed by atoms with Crippen LogP contribution in [0.4, 0.5) is 8.78 Å². The molecule has 2 nitrogen and oxygen atoms in total. The third kappa shape index (κ3) is 4.92. The second-order valence-electron chi connectivity index (χ2n) is 4.37. The van der Waals surface area contributed by atoms with Crippen LogP contribution in [0.5, 0.6) is 0 Å². The van der Waals surface area contributed by atoms with Crippen molar-refractivity contribution in [2.45, 2.75) is 38.0 Å². The van der Waals surface area contributed by atoms with Crippen molar-refractivity contribution in [1.82, 2.24) is 5.43 Å². The van der Waals surface area contributed by atoms with Crippen LogP contribution in [-0.4, -0.2) is 17.0 Å². The third-order valence-electron chi connectivity index (χ3n) is 2.86. The van der Waals surface area contributed by atoms with E-state index in [1.165, 1.54) is 6.07 Å². The van der Waals surface area contributed by atoms with Crippen LogP contribution in [0.1, 0.15) is 25.8 Å². The average Bonchev–Trinajstić information content (AvgIpc) is 2.38. The lowest BCUT2D eigenvalue weighted by molar-refractivity contribution is 0.504. The largest absolute Gasteiger partial charge is 0.271 e. The van der Waals surface area contributed by atoms with Crippen LogP contribution >= 0.6 is 11.8 Å². The molecule has 0 saturated heterocycles. The van der Waals surface area contributed by atoms with Gasteiger partial charge in [0.25, 0.3) is 0 Å². The fourth-order valence-electron chi connectivity index (χ4n) is 1.52. The first-order chi connectivity index (χ1) is 8.56. The van der Waals surface area contributed by atoms with Gasteiger partial charge in [-0.1, -0.05) is 19.9 Å². The lowest BCUT2D eigenvalue weighted by Crippen LogP contribution is -2.39. The van der Waals surface area contributed by atoms with Crippen LogP contribution in [-0.2, 0) is 6.42 Å². The highest BCUT2D eigenvalue weighted by Crippen LogP contribution is 2.17. The van der Waals surface area contributed by atoms with Gasteiger partial charge in [-0.15, -0.1) is 0 Å². The molecule has 2 unspecified atom stereocenters. The van der Waals surface area contributed by atoms with Gasteiger partial charge in [0.05, 0.1) is 0 Å². The lowest BCUT2D eigenvalue weighted by Gasteiger charge is -2.17. The van der Waals surface area contributed by atoms with Crippen LogP contribution in [0.15, 0.2) is 18.2 Å². The molecule has 18 heavy (non-hydrogen) atoms. The maximum Gasteiger partial charge on any atom is 0.159 e. The van der Waals surface area contributed by atoms with Crippen molar-refractivity contribution in [2.24, 2.45) is 5.84 Å². The van der Waals surface area contributed by atoms with Gasteiger partial charge in [-0.2, -0.15) is 11.8 Å². The zero-order valence-corrected chi connectivity index (χ0v) is 11.6. The van der Waals surface area contributed by atoms with Crippen molar-refractivity contribution >= 4 is 11.8 Å². The van der Waals surface area contributed by atoms with E-state index in [2.05, 4.69) is 19.3 Å². The van der Waals surface area contributed by atoms with Crippen LogP contribution in [0.3, 0.4) is 0 Å². The fraction of sp³-hybridized carbons (Fsp3) is 0.538. The molecular formula is C13H20F2N2S. The average molecular weight is 274 g/mol. The maximum absolute atomic E-state index is 13.1. The summed E-state index contributed by atoms with van der Waals surface area (Å²) in [4.78, 5) is 0. The zero-order chi connectivity index (χ0) is 13.5. The standard InChI is InChI=1S/C13H20F2N2S/c1-3-9(2)18-8-11(17-16)6-10-4-5-12(14)13(15)7-10/h4-5,7,9,11,17H,3,6,8,16H2,1-2H3. The molecule has 1 aromatic carbocycles. The fourth-order valence-corrected chi connectivity index (χ4v) is 2.53. The number of hydrogen-bond donors (Lipinski definition) is 2. The normalized spacial score (nSPS) is 14.5. The number of nitrogens with two attached hydrogens (primary N) is 1. The molecule has 0 aliphatic rings. The molecule has 0 fully saturated rings. The number of hydrogen-bond acceptors (Lipinski definition) is 3. The molecule has 0 aromatic heterocycles. The Kier molecular flexibility index (Phi) is 6.60. The molecule has 102 valence electrons. The summed E-state index contributed by atoms with van der Waals surface area (Å²) in [6.07, 6.45) is 1.70. The topological polar surface area (TPSA) is 38.0 Å². The first kappa shape index (κ1) is 15.4. The maximum atomic E-state index is 13.1. The number of benzene rings is 1. The highest BCUT2D eigenvalue weighted by atomic mass is 32.2. The Balaban J connectivity index is 2.54. The quantitative estimate of drug-likeness (QED) is 0.593. The molecule has 0 aliphatic carbocycles. The molecule has 0 bridgehead atoms. The first-order valence-electron chi connectivity index (χ1n) is 6.08. The van der Waals surface area contributed by atoms with Gasteiger partial charge in [0.15, 0.2) is 11.6 Å². The van der Waals surface area contributed by atoms with E-state index in [1.54, 1.807) is 6.07 Å². The van der Waals surface area contributed by atoms with Crippen molar-refractivity contribution in [3.8, 4) is 0 Å². The van der Waals surface area contributed by atoms with Gasteiger partial charge in [0.2, 0.25) is 0 Å². The molecule has 0 saturated carbocycles. The van der Waals surface area contributed by atoms with E-state index in [0.29, 0.717) is 11.7 Å². The minimum Gasteiger partial charge on any atom is -0.271 e. The minimum absolute atomic E-state index is 0.0638. The van der Waals surface area contributed by atoms with Crippen LogP contribution in [0, 0.1) is 11.6 Å². The molecule has 0 spiro atoms. The molecule has 0 aliphatic heterocycles. The van der Waals surface area contributed by atoms with Crippen molar-refractivity contribution in [3.05, 3.63) is 35.4 Å². The van der Waals surface area contributed by atoms with Crippen molar-refractivity contribution in [2.75, 3.05) is 5.75 Å². The number of nitrogens with one attached hydrogen (secondary N) is 1. The van der Waals surface area contributed by atoms with Crippen molar-refractivity contribution < 1.29 is 8.78 Å².